The molecule has 1 aromatic carbocycles. The summed E-state index contributed by atoms with van der Waals surface area (Å²) in [4.78, 5) is 9.24. The minimum atomic E-state index is 0.0257. The molecule has 2 atom stereocenters. The van der Waals surface area contributed by atoms with Crippen molar-refractivity contribution in [3.05, 3.63) is 83.4 Å². The van der Waals surface area contributed by atoms with E-state index in [9.17, 15) is 0 Å². The summed E-state index contributed by atoms with van der Waals surface area (Å²) in [6.45, 7) is 6.33. The summed E-state index contributed by atoms with van der Waals surface area (Å²) >= 11 is 5.82. The Hall–Kier alpha value is -2.70. The van der Waals surface area contributed by atoms with Crippen molar-refractivity contribution in [3.63, 3.8) is 0 Å². The minimum absolute atomic E-state index is 0.0257. The van der Waals surface area contributed by atoms with Crippen molar-refractivity contribution in [3.8, 4) is 5.69 Å². The van der Waals surface area contributed by atoms with Crippen LogP contribution in [0.15, 0.2) is 60.8 Å². The van der Waals surface area contributed by atoms with Gasteiger partial charge in [-0.25, -0.2) is 0 Å². The zero-order valence-electron chi connectivity index (χ0n) is 18.7. The summed E-state index contributed by atoms with van der Waals surface area (Å²) in [7, 11) is 4.23. The van der Waals surface area contributed by atoms with Crippen LogP contribution in [0.3, 0.4) is 0 Å². The predicted molar refractivity (Wildman–Crippen MR) is 131 cm³/mol. The smallest absolute Gasteiger partial charge is 0.170 e. The number of pyridine rings is 1. The highest BCUT2D eigenvalue weighted by molar-refractivity contribution is 7.80. The number of thiocarbonyl (C=S) groups is 1. The highest BCUT2D eigenvalue weighted by Gasteiger charge is 2.41. The van der Waals surface area contributed by atoms with Gasteiger partial charge in [0, 0.05) is 29.8 Å². The second-order valence-electron chi connectivity index (χ2n) is 8.47. The summed E-state index contributed by atoms with van der Waals surface area (Å²) in [6, 6.07) is 19.1. The molecule has 1 saturated heterocycles. The molecule has 0 bridgehead atoms. The van der Waals surface area contributed by atoms with Gasteiger partial charge >= 0.3 is 0 Å². The average molecular weight is 434 g/mol. The van der Waals surface area contributed by atoms with Crippen LogP contribution in [-0.4, -0.2) is 51.6 Å². The van der Waals surface area contributed by atoms with Gasteiger partial charge in [0.2, 0.25) is 0 Å². The molecule has 1 fully saturated rings. The number of aryl methyl sites for hydroxylation is 1. The van der Waals surface area contributed by atoms with Crippen LogP contribution in [-0.2, 0) is 0 Å². The largest absolute Gasteiger partial charge is 0.352 e. The van der Waals surface area contributed by atoms with Crippen molar-refractivity contribution in [1.82, 2.24) is 24.7 Å². The number of nitrogens with one attached hydrogen (secondary N) is 1. The lowest BCUT2D eigenvalue weighted by molar-refractivity contribution is 0.292. The van der Waals surface area contributed by atoms with Crippen LogP contribution in [0.25, 0.3) is 5.69 Å². The molecule has 1 aliphatic heterocycles. The molecule has 3 heterocycles. The van der Waals surface area contributed by atoms with Gasteiger partial charge in [-0.3, -0.25) is 4.98 Å². The molecule has 162 valence electrons. The van der Waals surface area contributed by atoms with Gasteiger partial charge in [0.15, 0.2) is 5.11 Å². The third kappa shape index (κ3) is 4.36. The Labute approximate surface area is 190 Å². The van der Waals surface area contributed by atoms with Crippen molar-refractivity contribution < 1.29 is 0 Å². The van der Waals surface area contributed by atoms with Gasteiger partial charge in [0.25, 0.3) is 0 Å². The molecule has 4 rings (SSSR count). The summed E-state index contributed by atoms with van der Waals surface area (Å²) < 4.78 is 2.34. The fourth-order valence-corrected chi connectivity index (χ4v) is 4.94. The van der Waals surface area contributed by atoms with E-state index >= 15 is 0 Å². The summed E-state index contributed by atoms with van der Waals surface area (Å²) in [5.74, 6) is 0. The third-order valence-corrected chi connectivity index (χ3v) is 6.36. The maximum Gasteiger partial charge on any atom is 0.170 e. The molecule has 1 aliphatic rings. The van der Waals surface area contributed by atoms with Gasteiger partial charge in [-0.05, 0) is 89.0 Å². The summed E-state index contributed by atoms with van der Waals surface area (Å²) in [6.07, 6.45) is 2.91. The van der Waals surface area contributed by atoms with Crippen LogP contribution in [0.4, 0.5) is 0 Å². The number of hydrogen-bond donors (Lipinski definition) is 1. The first-order valence-electron chi connectivity index (χ1n) is 10.8. The second-order valence-corrected chi connectivity index (χ2v) is 8.86. The Bertz CT molecular complexity index is 1030. The molecule has 0 amide bonds. The molecule has 1 N–H and O–H groups in total. The zero-order chi connectivity index (χ0) is 22.0. The molecule has 0 saturated carbocycles. The van der Waals surface area contributed by atoms with E-state index in [0.29, 0.717) is 0 Å². The Balaban J connectivity index is 1.76. The third-order valence-electron chi connectivity index (χ3n) is 6.01. The first kappa shape index (κ1) is 21.5. The van der Waals surface area contributed by atoms with E-state index in [4.69, 9.17) is 12.2 Å². The molecule has 3 aromatic rings. The van der Waals surface area contributed by atoms with Gasteiger partial charge in [0.1, 0.15) is 0 Å². The maximum atomic E-state index is 5.82. The Morgan fingerprint density at radius 1 is 1.06 bits per heavy atom. The summed E-state index contributed by atoms with van der Waals surface area (Å²) in [5.41, 5.74) is 5.98. The molecule has 0 spiro atoms. The molecule has 0 aliphatic carbocycles. The topological polar surface area (TPSA) is 36.3 Å². The normalized spacial score (nSPS) is 18.6. The van der Waals surface area contributed by atoms with Crippen LogP contribution in [0.5, 0.6) is 0 Å². The van der Waals surface area contributed by atoms with Crippen molar-refractivity contribution >= 4 is 17.3 Å². The van der Waals surface area contributed by atoms with E-state index in [0.717, 1.165) is 30.3 Å². The minimum Gasteiger partial charge on any atom is -0.352 e. The number of para-hydroxylation sites is 1. The second kappa shape index (κ2) is 9.20. The zero-order valence-corrected chi connectivity index (χ0v) is 19.6. The molecular formula is C25H31N5S. The number of nitrogens with zero attached hydrogens (tertiary/aromatic N) is 4. The van der Waals surface area contributed by atoms with Crippen molar-refractivity contribution in [1.29, 1.82) is 0 Å². The SMILES string of the molecule is Cc1cc([C@@H]2[C@@H](c3ccccn3)NC(=S)N2CCCN(C)C)c(C)n1-c1ccccc1. The molecule has 2 aromatic heterocycles. The fraction of sp³-hybridized carbons (Fsp3) is 0.360. The average Bonchev–Trinajstić information content (AvgIpc) is 3.24. The maximum absolute atomic E-state index is 5.82. The number of aromatic nitrogens is 2. The van der Waals surface area contributed by atoms with Crippen LogP contribution in [0, 0.1) is 13.8 Å². The number of benzene rings is 1. The molecule has 5 nitrogen and oxygen atoms in total. The van der Waals surface area contributed by atoms with Crippen molar-refractivity contribution in [2.45, 2.75) is 32.4 Å². The van der Waals surface area contributed by atoms with Crippen molar-refractivity contribution in [2.24, 2.45) is 0 Å². The van der Waals surface area contributed by atoms with Gasteiger partial charge in [0.05, 0.1) is 17.8 Å². The standard InChI is InChI=1S/C25H31N5S/c1-18-17-21(19(2)30(18)20-11-6-5-7-12-20)24-23(22-13-8-9-14-26-22)27-25(31)29(24)16-10-15-28(3)4/h5-9,11-14,17,23-24H,10,15-16H2,1-4H3,(H,27,31)/t23-,24-/m1/s1. The van der Waals surface area contributed by atoms with Gasteiger partial charge in [-0.1, -0.05) is 24.3 Å². The Kier molecular flexibility index (Phi) is 6.39. The molecule has 6 heteroatoms. The first-order valence-corrected chi connectivity index (χ1v) is 11.2. The molecular weight excluding hydrogens is 402 g/mol. The van der Waals surface area contributed by atoms with Crippen LogP contribution in [0.1, 0.15) is 41.1 Å². The molecule has 31 heavy (non-hydrogen) atoms. The van der Waals surface area contributed by atoms with E-state index in [1.807, 2.05) is 18.3 Å². The van der Waals surface area contributed by atoms with Crippen LogP contribution < -0.4 is 5.32 Å². The van der Waals surface area contributed by atoms with E-state index < -0.39 is 0 Å². The molecule has 0 radical (unpaired) electrons. The van der Waals surface area contributed by atoms with Crippen molar-refractivity contribution in [2.75, 3.05) is 27.2 Å². The Morgan fingerprint density at radius 3 is 2.48 bits per heavy atom. The van der Waals surface area contributed by atoms with Gasteiger partial charge in [-0.2, -0.15) is 0 Å². The van der Waals surface area contributed by atoms with E-state index in [1.165, 1.54) is 22.6 Å². The first-order chi connectivity index (χ1) is 15.0. The Morgan fingerprint density at radius 2 is 1.81 bits per heavy atom. The number of hydrogen-bond acceptors (Lipinski definition) is 3. The van der Waals surface area contributed by atoms with E-state index in [2.05, 4.69) is 95.1 Å². The lowest BCUT2D eigenvalue weighted by Crippen LogP contribution is -2.32. The highest BCUT2D eigenvalue weighted by Crippen LogP contribution is 2.41. The lowest BCUT2D eigenvalue weighted by atomic mass is 9.96. The van der Waals surface area contributed by atoms with E-state index in [1.54, 1.807) is 0 Å². The highest BCUT2D eigenvalue weighted by atomic mass is 32.1. The fourth-order valence-electron chi connectivity index (χ4n) is 4.60. The quantitative estimate of drug-likeness (QED) is 0.559. The van der Waals surface area contributed by atoms with E-state index in [-0.39, 0.29) is 12.1 Å². The van der Waals surface area contributed by atoms with Gasteiger partial charge in [-0.15, -0.1) is 0 Å². The number of rotatable bonds is 7. The lowest BCUT2D eigenvalue weighted by Gasteiger charge is -2.28. The monoisotopic (exact) mass is 433 g/mol. The summed E-state index contributed by atoms with van der Waals surface area (Å²) in [5, 5.41) is 4.38. The molecule has 0 unspecified atom stereocenters. The van der Waals surface area contributed by atoms with Crippen LogP contribution in [0.2, 0.25) is 0 Å². The van der Waals surface area contributed by atoms with Crippen LogP contribution >= 0.6 is 12.2 Å². The van der Waals surface area contributed by atoms with Gasteiger partial charge < -0.3 is 19.7 Å². The predicted octanol–water partition coefficient (Wildman–Crippen LogP) is 4.41.